The van der Waals surface area contributed by atoms with Crippen LogP contribution in [0.3, 0.4) is 0 Å². The number of benzene rings is 3. The molecule has 0 aliphatic carbocycles. The van der Waals surface area contributed by atoms with E-state index in [0.717, 1.165) is 0 Å². The summed E-state index contributed by atoms with van der Waals surface area (Å²) >= 11 is 6.73. The van der Waals surface area contributed by atoms with Crippen molar-refractivity contribution in [2.75, 3.05) is 20.8 Å². The molecular weight excluding hydrogens is 618 g/mol. The number of esters is 1. The standard InChI is InChI=1S/C24H19Br2N3O8/c1-34-17-10-18(25)23(19(26)11-17)36-13-22(30)28-27-12-14-3-8-20(21(9-14)35-2)37-24(31)15-4-6-16(7-5-15)29(32)33/h3-12H,13H2,1-2H3,(H,28,30)/b27-12+. The highest BCUT2D eigenvalue weighted by molar-refractivity contribution is 9.11. The number of hydrogen-bond acceptors (Lipinski definition) is 9. The summed E-state index contributed by atoms with van der Waals surface area (Å²) in [7, 11) is 2.94. The number of nitro benzene ring substituents is 1. The predicted molar refractivity (Wildman–Crippen MR) is 141 cm³/mol. The smallest absolute Gasteiger partial charge is 0.343 e. The molecule has 1 N–H and O–H groups in total. The largest absolute Gasteiger partial charge is 0.497 e. The Hall–Kier alpha value is -3.97. The van der Waals surface area contributed by atoms with Crippen LogP contribution in [0.15, 0.2) is 68.6 Å². The number of methoxy groups -OCH3 is 2. The van der Waals surface area contributed by atoms with Crippen LogP contribution in [0.2, 0.25) is 0 Å². The first kappa shape index (κ1) is 27.6. The van der Waals surface area contributed by atoms with E-state index in [0.29, 0.717) is 26.0 Å². The molecule has 0 fully saturated rings. The third-order valence-electron chi connectivity index (χ3n) is 4.66. The van der Waals surface area contributed by atoms with Gasteiger partial charge in [-0.1, -0.05) is 0 Å². The number of rotatable bonds is 10. The van der Waals surface area contributed by atoms with Gasteiger partial charge in [0, 0.05) is 12.1 Å². The molecule has 0 aromatic heterocycles. The van der Waals surface area contributed by atoms with Gasteiger partial charge in [-0.25, -0.2) is 10.2 Å². The first-order chi connectivity index (χ1) is 17.7. The molecule has 13 heteroatoms. The van der Waals surface area contributed by atoms with Crippen molar-refractivity contribution >= 4 is 55.6 Å². The summed E-state index contributed by atoms with van der Waals surface area (Å²) in [5.74, 6) is 0.217. The summed E-state index contributed by atoms with van der Waals surface area (Å²) in [6.07, 6.45) is 1.38. The molecule has 3 rings (SSSR count). The maximum absolute atomic E-state index is 12.4. The number of carbonyl (C=O) groups is 2. The van der Waals surface area contributed by atoms with E-state index in [2.05, 4.69) is 42.4 Å². The summed E-state index contributed by atoms with van der Waals surface area (Å²) in [5, 5.41) is 14.7. The average molecular weight is 637 g/mol. The molecule has 3 aromatic carbocycles. The molecule has 1 amide bonds. The van der Waals surface area contributed by atoms with Crippen LogP contribution in [0, 0.1) is 10.1 Å². The number of nitro groups is 1. The van der Waals surface area contributed by atoms with E-state index in [1.807, 2.05) is 0 Å². The number of ether oxygens (including phenoxy) is 4. The molecule has 0 bridgehead atoms. The Morgan fingerprint density at radius 3 is 2.27 bits per heavy atom. The fourth-order valence-electron chi connectivity index (χ4n) is 2.87. The number of carbonyl (C=O) groups excluding carboxylic acids is 2. The molecule has 0 radical (unpaired) electrons. The highest BCUT2D eigenvalue weighted by Gasteiger charge is 2.15. The quantitative estimate of drug-likeness (QED) is 0.109. The Bertz CT molecular complexity index is 1320. The number of hydrogen-bond donors (Lipinski definition) is 1. The van der Waals surface area contributed by atoms with E-state index >= 15 is 0 Å². The Kier molecular flexibility index (Phi) is 9.57. The summed E-state index contributed by atoms with van der Waals surface area (Å²) in [6, 6.07) is 13.1. The average Bonchev–Trinajstić information content (AvgIpc) is 2.88. The lowest BCUT2D eigenvalue weighted by Gasteiger charge is -2.11. The van der Waals surface area contributed by atoms with Gasteiger partial charge in [0.25, 0.3) is 11.6 Å². The topological polar surface area (TPSA) is 139 Å². The minimum absolute atomic E-state index is 0.135. The number of hydrazone groups is 1. The number of non-ortho nitro benzene ring substituents is 1. The third kappa shape index (κ3) is 7.51. The molecule has 0 spiro atoms. The van der Waals surface area contributed by atoms with Gasteiger partial charge < -0.3 is 18.9 Å². The molecular formula is C24H19Br2N3O8. The number of nitrogens with zero attached hydrogens (tertiary/aromatic N) is 2. The molecule has 192 valence electrons. The van der Waals surface area contributed by atoms with Crippen LogP contribution in [-0.2, 0) is 4.79 Å². The van der Waals surface area contributed by atoms with E-state index in [-0.39, 0.29) is 29.4 Å². The second-order valence-corrected chi connectivity index (χ2v) is 8.81. The summed E-state index contributed by atoms with van der Waals surface area (Å²) in [4.78, 5) is 34.7. The van der Waals surface area contributed by atoms with Crippen molar-refractivity contribution in [2.24, 2.45) is 5.10 Å². The van der Waals surface area contributed by atoms with Gasteiger partial charge in [-0.15, -0.1) is 0 Å². The lowest BCUT2D eigenvalue weighted by Crippen LogP contribution is -2.24. The number of amides is 1. The second kappa shape index (κ2) is 12.8. The van der Waals surface area contributed by atoms with Crippen LogP contribution < -0.4 is 24.4 Å². The van der Waals surface area contributed by atoms with E-state index in [9.17, 15) is 19.7 Å². The molecule has 0 saturated heterocycles. The monoisotopic (exact) mass is 635 g/mol. The summed E-state index contributed by atoms with van der Waals surface area (Å²) in [5.41, 5.74) is 2.90. The molecule has 0 aliphatic rings. The van der Waals surface area contributed by atoms with Gasteiger partial charge in [0.2, 0.25) is 0 Å². The van der Waals surface area contributed by atoms with Crippen molar-refractivity contribution in [3.8, 4) is 23.0 Å². The van der Waals surface area contributed by atoms with Crippen LogP contribution >= 0.6 is 31.9 Å². The molecule has 3 aromatic rings. The van der Waals surface area contributed by atoms with Gasteiger partial charge in [-0.3, -0.25) is 14.9 Å². The zero-order valence-electron chi connectivity index (χ0n) is 19.4. The van der Waals surface area contributed by atoms with Crippen molar-refractivity contribution < 1.29 is 33.5 Å². The Labute approximate surface area is 227 Å². The lowest BCUT2D eigenvalue weighted by molar-refractivity contribution is -0.384. The predicted octanol–water partition coefficient (Wildman–Crippen LogP) is 4.89. The molecule has 0 saturated carbocycles. The van der Waals surface area contributed by atoms with Crippen molar-refractivity contribution in [3.05, 3.63) is 84.8 Å². The van der Waals surface area contributed by atoms with Crippen molar-refractivity contribution in [1.82, 2.24) is 5.43 Å². The molecule has 11 nitrogen and oxygen atoms in total. The zero-order valence-corrected chi connectivity index (χ0v) is 22.6. The second-order valence-electron chi connectivity index (χ2n) is 7.11. The van der Waals surface area contributed by atoms with Crippen LogP contribution in [0.25, 0.3) is 0 Å². The van der Waals surface area contributed by atoms with E-state index in [4.69, 9.17) is 18.9 Å². The van der Waals surface area contributed by atoms with E-state index in [1.54, 1.807) is 24.3 Å². The molecule has 0 unspecified atom stereocenters. The lowest BCUT2D eigenvalue weighted by atomic mass is 10.2. The normalized spacial score (nSPS) is 10.6. The first-order valence-electron chi connectivity index (χ1n) is 10.3. The fourth-order valence-corrected chi connectivity index (χ4v) is 4.24. The minimum atomic E-state index is -0.711. The van der Waals surface area contributed by atoms with Crippen molar-refractivity contribution in [3.63, 3.8) is 0 Å². The van der Waals surface area contributed by atoms with Crippen LogP contribution in [0.1, 0.15) is 15.9 Å². The highest BCUT2D eigenvalue weighted by atomic mass is 79.9. The molecule has 0 aliphatic heterocycles. The number of halogens is 2. The SMILES string of the molecule is COc1cc(Br)c(OCC(=O)N/N=C/c2ccc(OC(=O)c3ccc([N+](=O)[O-])cc3)c(OC)c2)c(Br)c1. The van der Waals surface area contributed by atoms with Gasteiger partial charge in [-0.05, 0) is 79.9 Å². The molecule has 0 heterocycles. The highest BCUT2D eigenvalue weighted by Crippen LogP contribution is 2.37. The molecule has 37 heavy (non-hydrogen) atoms. The van der Waals surface area contributed by atoms with Crippen molar-refractivity contribution in [1.29, 1.82) is 0 Å². The molecule has 0 atom stereocenters. The van der Waals surface area contributed by atoms with Crippen LogP contribution in [0.5, 0.6) is 23.0 Å². The zero-order chi connectivity index (χ0) is 26.9. The van der Waals surface area contributed by atoms with Crippen LogP contribution in [0.4, 0.5) is 5.69 Å². The van der Waals surface area contributed by atoms with Gasteiger partial charge >= 0.3 is 5.97 Å². The minimum Gasteiger partial charge on any atom is -0.497 e. The summed E-state index contributed by atoms with van der Waals surface area (Å²) < 4.78 is 22.5. The fraction of sp³-hybridized carbons (Fsp3) is 0.125. The maximum Gasteiger partial charge on any atom is 0.343 e. The Balaban J connectivity index is 1.58. The van der Waals surface area contributed by atoms with Gasteiger partial charge in [0.1, 0.15) is 11.5 Å². The Morgan fingerprint density at radius 1 is 1.00 bits per heavy atom. The number of nitrogens with one attached hydrogen (secondary N) is 1. The summed E-state index contributed by atoms with van der Waals surface area (Å²) in [6.45, 7) is -0.290. The van der Waals surface area contributed by atoms with Gasteiger partial charge in [-0.2, -0.15) is 5.10 Å². The van der Waals surface area contributed by atoms with Crippen molar-refractivity contribution in [2.45, 2.75) is 0 Å². The van der Waals surface area contributed by atoms with Gasteiger partial charge in [0.05, 0.1) is 39.9 Å². The first-order valence-corrected chi connectivity index (χ1v) is 11.9. The van der Waals surface area contributed by atoms with E-state index in [1.165, 1.54) is 50.8 Å². The third-order valence-corrected chi connectivity index (χ3v) is 5.84. The van der Waals surface area contributed by atoms with Gasteiger partial charge in [0.15, 0.2) is 18.1 Å². The maximum atomic E-state index is 12.4. The Morgan fingerprint density at radius 2 is 1.68 bits per heavy atom. The van der Waals surface area contributed by atoms with E-state index < -0.39 is 16.8 Å². The van der Waals surface area contributed by atoms with Crippen LogP contribution in [-0.4, -0.2) is 43.8 Å².